The maximum absolute atomic E-state index is 12.6. The Balaban J connectivity index is 3.61. The largest absolute Gasteiger partial charge is 0.421 e. The van der Waals surface area contributed by atoms with Gasteiger partial charge in [0.05, 0.1) is 11.1 Å². The monoisotopic (exact) mass is 326 g/mol. The van der Waals surface area contributed by atoms with Crippen LogP contribution in [0, 0.1) is 0 Å². The predicted octanol–water partition coefficient (Wildman–Crippen LogP) is 4.49. The summed E-state index contributed by atoms with van der Waals surface area (Å²) in [5, 5.41) is 9.24. The van der Waals surface area contributed by atoms with Gasteiger partial charge in [-0.05, 0) is 30.7 Å². The van der Waals surface area contributed by atoms with Gasteiger partial charge < -0.3 is 5.11 Å². The van der Waals surface area contributed by atoms with Crippen LogP contribution in [0.1, 0.15) is 23.6 Å². The summed E-state index contributed by atoms with van der Waals surface area (Å²) in [6, 6.07) is -0.651. The molecule has 1 nitrogen and oxygen atoms in total. The molecule has 0 heterocycles. The maximum Gasteiger partial charge on any atom is 0.421 e. The lowest BCUT2D eigenvalue weighted by Gasteiger charge is -2.28. The van der Waals surface area contributed by atoms with Crippen molar-refractivity contribution < 1.29 is 44.6 Å². The lowest BCUT2D eigenvalue weighted by Crippen LogP contribution is -2.39. The second-order valence-corrected chi connectivity index (χ2v) is 4.36. The summed E-state index contributed by atoms with van der Waals surface area (Å²) < 4.78 is 113. The third kappa shape index (κ3) is 3.60. The van der Waals surface area contributed by atoms with Crippen LogP contribution in [-0.2, 0) is 18.0 Å². The van der Waals surface area contributed by atoms with Gasteiger partial charge in [-0.15, -0.1) is 0 Å². The lowest BCUT2D eigenvalue weighted by molar-refractivity contribution is -0.259. The number of hydrogen-bond donors (Lipinski definition) is 1. The average Bonchev–Trinajstić information content (AvgIpc) is 2.24. The highest BCUT2D eigenvalue weighted by molar-refractivity contribution is 5.37. The van der Waals surface area contributed by atoms with Gasteiger partial charge in [-0.3, -0.25) is 0 Å². The normalized spacial score (nSPS) is 16.7. The Bertz CT molecular complexity index is 490. The van der Waals surface area contributed by atoms with Crippen molar-refractivity contribution in [3.05, 3.63) is 34.9 Å². The van der Waals surface area contributed by atoms with E-state index in [9.17, 15) is 44.6 Å². The molecule has 0 bridgehead atoms. The van der Waals surface area contributed by atoms with E-state index in [1.165, 1.54) is 0 Å². The van der Waals surface area contributed by atoms with Gasteiger partial charge in [0, 0.05) is 0 Å². The summed E-state index contributed by atoms with van der Waals surface area (Å²) in [4.78, 5) is 0. The molecule has 1 N–H and O–H groups in total. The Labute approximate surface area is 112 Å². The van der Waals surface area contributed by atoms with Crippen LogP contribution < -0.4 is 0 Å². The van der Waals surface area contributed by atoms with Gasteiger partial charge in [-0.2, -0.15) is 39.5 Å². The topological polar surface area (TPSA) is 20.2 Å². The van der Waals surface area contributed by atoms with Gasteiger partial charge in [0.1, 0.15) is 0 Å². The molecule has 0 radical (unpaired) electrons. The molecule has 0 aromatic heterocycles. The van der Waals surface area contributed by atoms with E-state index in [0.29, 0.717) is 0 Å². The fraction of sp³-hybridized carbons (Fsp3) is 0.455. The zero-order valence-corrected chi connectivity index (χ0v) is 10.1. The fourth-order valence-corrected chi connectivity index (χ4v) is 1.40. The van der Waals surface area contributed by atoms with Crippen molar-refractivity contribution in [2.24, 2.45) is 0 Å². The van der Waals surface area contributed by atoms with Gasteiger partial charge in [0.25, 0.3) is 0 Å². The first-order valence-electron chi connectivity index (χ1n) is 5.16. The van der Waals surface area contributed by atoms with E-state index >= 15 is 0 Å². The smallest absolute Gasteiger partial charge is 0.376 e. The molecule has 21 heavy (non-hydrogen) atoms. The highest BCUT2D eigenvalue weighted by atomic mass is 19.4. The van der Waals surface area contributed by atoms with Crippen LogP contribution in [0.3, 0.4) is 0 Å². The minimum Gasteiger partial charge on any atom is -0.376 e. The third-order valence-electron chi connectivity index (χ3n) is 2.70. The van der Waals surface area contributed by atoms with Crippen LogP contribution >= 0.6 is 0 Å². The van der Waals surface area contributed by atoms with Crippen LogP contribution in [0.25, 0.3) is 0 Å². The van der Waals surface area contributed by atoms with Crippen LogP contribution in [0.5, 0.6) is 0 Å². The minimum atomic E-state index is -5.44. The molecule has 120 valence electrons. The molecule has 0 fully saturated rings. The van der Waals surface area contributed by atoms with E-state index in [-0.39, 0.29) is 25.1 Å². The highest BCUT2D eigenvalue weighted by Crippen LogP contribution is 2.43. The summed E-state index contributed by atoms with van der Waals surface area (Å²) in [6.45, 7) is 0.0721. The summed E-state index contributed by atoms with van der Waals surface area (Å²) in [6.07, 6.45) is -16.0. The molecule has 1 aromatic carbocycles. The molecule has 0 aliphatic heterocycles. The van der Waals surface area contributed by atoms with E-state index in [0.717, 1.165) is 0 Å². The van der Waals surface area contributed by atoms with Crippen molar-refractivity contribution in [2.45, 2.75) is 31.1 Å². The van der Waals surface area contributed by atoms with Crippen LogP contribution in [0.4, 0.5) is 39.5 Å². The van der Waals surface area contributed by atoms with Crippen molar-refractivity contribution in [1.82, 2.24) is 0 Å². The molecule has 1 rings (SSSR count). The zero-order valence-electron chi connectivity index (χ0n) is 10.1. The van der Waals surface area contributed by atoms with Crippen molar-refractivity contribution in [3.63, 3.8) is 0 Å². The second-order valence-electron chi connectivity index (χ2n) is 4.36. The van der Waals surface area contributed by atoms with Crippen molar-refractivity contribution >= 4 is 0 Å². The summed E-state index contributed by atoms with van der Waals surface area (Å²) in [5.74, 6) is 0. The van der Waals surface area contributed by atoms with Gasteiger partial charge in [0.15, 0.2) is 5.60 Å². The number of benzene rings is 1. The Hall–Kier alpha value is -1.45. The van der Waals surface area contributed by atoms with Gasteiger partial charge in [-0.1, -0.05) is 0 Å². The zero-order chi connectivity index (χ0) is 16.9. The number of halogens is 9. The van der Waals surface area contributed by atoms with E-state index in [4.69, 9.17) is 0 Å². The Morgan fingerprint density at radius 1 is 0.667 bits per heavy atom. The fourth-order valence-electron chi connectivity index (χ4n) is 1.40. The van der Waals surface area contributed by atoms with Crippen LogP contribution in [0.2, 0.25) is 0 Å². The van der Waals surface area contributed by atoms with Gasteiger partial charge >= 0.3 is 18.5 Å². The Morgan fingerprint density at radius 3 is 1.19 bits per heavy atom. The molecular formula is C11H7F9O. The number of alkyl halides is 9. The minimum absolute atomic E-state index is 0.0721. The molecule has 0 saturated carbocycles. The molecule has 10 heteroatoms. The van der Waals surface area contributed by atoms with E-state index in [1.54, 1.807) is 0 Å². The molecule has 0 spiro atoms. The first-order chi connectivity index (χ1) is 9.07. The maximum atomic E-state index is 12.6. The molecule has 0 aliphatic carbocycles. The second kappa shape index (κ2) is 4.79. The van der Waals surface area contributed by atoms with E-state index in [2.05, 4.69) is 0 Å². The Kier molecular flexibility index (Phi) is 4.01. The summed E-state index contributed by atoms with van der Waals surface area (Å²) in [7, 11) is 0. The molecular weight excluding hydrogens is 319 g/mol. The number of hydrogen-bond acceptors (Lipinski definition) is 1. The summed E-state index contributed by atoms with van der Waals surface area (Å²) >= 11 is 0. The van der Waals surface area contributed by atoms with Crippen molar-refractivity contribution in [2.75, 3.05) is 0 Å². The van der Waals surface area contributed by atoms with Crippen LogP contribution in [0.15, 0.2) is 18.2 Å². The van der Waals surface area contributed by atoms with Gasteiger partial charge in [-0.25, -0.2) is 0 Å². The van der Waals surface area contributed by atoms with Crippen molar-refractivity contribution in [3.8, 4) is 0 Å². The predicted molar refractivity (Wildman–Crippen MR) is 52.1 cm³/mol. The lowest BCUT2D eigenvalue weighted by atomic mass is 9.91. The van der Waals surface area contributed by atoms with E-state index < -0.39 is 40.8 Å². The van der Waals surface area contributed by atoms with Gasteiger partial charge in [0.2, 0.25) is 0 Å². The quantitative estimate of drug-likeness (QED) is 0.754. The molecule has 1 aromatic rings. The third-order valence-corrected chi connectivity index (χ3v) is 2.70. The number of aliphatic hydroxyl groups is 1. The Morgan fingerprint density at radius 2 is 0.952 bits per heavy atom. The average molecular weight is 326 g/mol. The first-order valence-corrected chi connectivity index (χ1v) is 5.16. The molecule has 0 amide bonds. The summed E-state index contributed by atoms with van der Waals surface area (Å²) in [5.41, 5.74) is -9.26. The molecule has 0 aliphatic rings. The number of rotatable bonds is 1. The van der Waals surface area contributed by atoms with E-state index in [1.807, 2.05) is 0 Å². The first kappa shape index (κ1) is 17.6. The van der Waals surface area contributed by atoms with Crippen LogP contribution in [-0.4, -0.2) is 11.3 Å². The SMILES string of the molecule is CC(O)(c1cc(C(F)(F)F)cc(C(F)(F)F)c1)C(F)(F)F. The molecule has 1 atom stereocenters. The molecule has 1 unspecified atom stereocenters. The standard InChI is InChI=1S/C11H7F9O/c1-8(21,11(18,19)20)5-2-6(9(12,13)14)4-7(3-5)10(15,16)17/h2-4,21H,1H3. The highest BCUT2D eigenvalue weighted by Gasteiger charge is 2.52. The molecule has 0 saturated heterocycles. The van der Waals surface area contributed by atoms with Crippen molar-refractivity contribution in [1.29, 1.82) is 0 Å².